The lowest BCUT2D eigenvalue weighted by atomic mass is 10.1. The topological polar surface area (TPSA) is 120 Å². The van der Waals surface area contributed by atoms with Crippen LogP contribution < -0.4 is 20.1 Å². The van der Waals surface area contributed by atoms with Crippen molar-refractivity contribution in [1.82, 2.24) is 0 Å². The molecule has 0 bridgehead atoms. The summed E-state index contributed by atoms with van der Waals surface area (Å²) in [5.74, 6) is 0.438. The van der Waals surface area contributed by atoms with Crippen molar-refractivity contribution in [3.8, 4) is 11.5 Å². The van der Waals surface area contributed by atoms with E-state index in [-0.39, 0.29) is 17.2 Å². The Balaban J connectivity index is 1.54. The Morgan fingerprint density at radius 1 is 0.795 bits per heavy atom. The van der Waals surface area contributed by atoms with Gasteiger partial charge in [-0.1, -0.05) is 36.4 Å². The average molecular weight is 544 g/mol. The number of hydrogen-bond donors (Lipinski definition) is 2. The smallest absolute Gasteiger partial charge is 0.269 e. The van der Waals surface area contributed by atoms with Crippen LogP contribution in [0.4, 0.5) is 17.1 Å². The summed E-state index contributed by atoms with van der Waals surface area (Å²) >= 11 is 1.33. The van der Waals surface area contributed by atoms with E-state index in [0.29, 0.717) is 22.9 Å². The third-order valence-corrected chi connectivity index (χ3v) is 6.89. The van der Waals surface area contributed by atoms with E-state index in [2.05, 4.69) is 10.6 Å². The lowest BCUT2D eigenvalue weighted by molar-refractivity contribution is -0.384. The largest absolute Gasteiger partial charge is 0.497 e. The van der Waals surface area contributed by atoms with E-state index in [0.717, 1.165) is 10.5 Å². The van der Waals surface area contributed by atoms with Crippen LogP contribution in [0, 0.1) is 10.1 Å². The number of thioether (sulfide) groups is 1. The molecule has 4 aromatic rings. The van der Waals surface area contributed by atoms with Crippen LogP contribution in [-0.4, -0.2) is 31.0 Å². The number of nitro groups is 1. The maximum atomic E-state index is 13.5. The number of non-ortho nitro benzene ring substituents is 1. The summed E-state index contributed by atoms with van der Waals surface area (Å²) in [5.41, 5.74) is 2.04. The Hall–Kier alpha value is -4.83. The molecule has 0 aliphatic rings. The van der Waals surface area contributed by atoms with Crippen molar-refractivity contribution in [3.05, 3.63) is 118 Å². The van der Waals surface area contributed by atoms with Crippen molar-refractivity contribution in [2.24, 2.45) is 0 Å². The monoisotopic (exact) mass is 543 g/mol. The number of nitrogens with zero attached hydrogens (tertiary/aromatic N) is 1. The van der Waals surface area contributed by atoms with E-state index in [1.807, 2.05) is 36.4 Å². The third-order valence-electron chi connectivity index (χ3n) is 5.65. The number of rotatable bonds is 10. The van der Waals surface area contributed by atoms with E-state index in [1.54, 1.807) is 36.4 Å². The van der Waals surface area contributed by atoms with Crippen molar-refractivity contribution in [2.45, 2.75) is 10.1 Å². The first-order valence-electron chi connectivity index (χ1n) is 11.8. The Labute approximate surface area is 229 Å². The Kier molecular flexibility index (Phi) is 8.80. The van der Waals surface area contributed by atoms with Gasteiger partial charge in [0, 0.05) is 52.2 Å². The second kappa shape index (κ2) is 12.6. The lowest BCUT2D eigenvalue weighted by Gasteiger charge is -2.18. The molecule has 39 heavy (non-hydrogen) atoms. The highest BCUT2D eigenvalue weighted by molar-refractivity contribution is 8.00. The lowest BCUT2D eigenvalue weighted by Crippen LogP contribution is -2.19. The van der Waals surface area contributed by atoms with Crippen LogP contribution in [0.2, 0.25) is 0 Å². The van der Waals surface area contributed by atoms with Crippen molar-refractivity contribution < 1.29 is 24.0 Å². The number of hydrogen-bond acceptors (Lipinski definition) is 7. The molecule has 0 saturated carbocycles. The van der Waals surface area contributed by atoms with Crippen LogP contribution in [-0.2, 0) is 4.79 Å². The summed E-state index contributed by atoms with van der Waals surface area (Å²) in [4.78, 5) is 37.3. The average Bonchev–Trinajstić information content (AvgIpc) is 2.96. The first-order chi connectivity index (χ1) is 18.9. The predicted octanol–water partition coefficient (Wildman–Crippen LogP) is 6.34. The van der Waals surface area contributed by atoms with Gasteiger partial charge in [0.1, 0.15) is 16.7 Å². The highest BCUT2D eigenvalue weighted by Gasteiger charge is 2.23. The first kappa shape index (κ1) is 27.2. The Morgan fingerprint density at radius 2 is 1.46 bits per heavy atom. The molecule has 0 saturated heterocycles. The van der Waals surface area contributed by atoms with Crippen molar-refractivity contribution in [1.29, 1.82) is 0 Å². The number of anilines is 2. The van der Waals surface area contributed by atoms with E-state index < -0.39 is 16.1 Å². The zero-order valence-electron chi connectivity index (χ0n) is 21.1. The van der Waals surface area contributed by atoms with Gasteiger partial charge >= 0.3 is 0 Å². The van der Waals surface area contributed by atoms with Crippen LogP contribution in [0.15, 0.2) is 102 Å². The maximum Gasteiger partial charge on any atom is 0.269 e. The fraction of sp³-hybridized carbons (Fsp3) is 0.103. The standard InChI is InChI=1S/C29H25N3O6S/c1-37-24-15-22(16-25(18-24)38-2)31-29(34)27(19-7-4-3-5-8-19)39-26-10-6-9-21(17-26)30-28(33)20-11-13-23(14-12-20)32(35)36/h3-18,27H,1-2H3,(H,30,33)(H,31,34). The SMILES string of the molecule is COc1cc(NC(=O)C(Sc2cccc(NC(=O)c3ccc([N+](=O)[O-])cc3)c2)c2ccccc2)cc(OC)c1. The van der Waals surface area contributed by atoms with Gasteiger partial charge in [-0.25, -0.2) is 0 Å². The minimum atomic E-state index is -0.607. The molecule has 4 aromatic carbocycles. The van der Waals surface area contributed by atoms with Gasteiger partial charge in [0.2, 0.25) is 5.91 Å². The molecule has 0 heterocycles. The second-order valence-corrected chi connectivity index (χ2v) is 9.46. The Bertz CT molecular complexity index is 1460. The fourth-order valence-electron chi connectivity index (χ4n) is 3.71. The quantitative estimate of drug-likeness (QED) is 0.136. The number of ether oxygens (including phenoxy) is 2. The second-order valence-electron chi connectivity index (χ2n) is 8.29. The number of benzene rings is 4. The predicted molar refractivity (Wildman–Crippen MR) is 151 cm³/mol. The summed E-state index contributed by atoms with van der Waals surface area (Å²) in [6.45, 7) is 0. The molecule has 2 amide bonds. The van der Waals surface area contributed by atoms with Gasteiger partial charge in [-0.05, 0) is 35.9 Å². The highest BCUT2D eigenvalue weighted by atomic mass is 32.2. The zero-order valence-corrected chi connectivity index (χ0v) is 21.9. The number of amides is 2. The summed E-state index contributed by atoms with van der Waals surface area (Å²) in [7, 11) is 3.08. The number of nitro benzene ring substituents is 1. The molecule has 0 radical (unpaired) electrons. The molecule has 2 N–H and O–H groups in total. The summed E-state index contributed by atoms with van der Waals surface area (Å²) < 4.78 is 10.6. The molecule has 1 unspecified atom stereocenters. The maximum absolute atomic E-state index is 13.5. The van der Waals surface area contributed by atoms with Gasteiger partial charge in [-0.2, -0.15) is 0 Å². The van der Waals surface area contributed by atoms with E-state index in [9.17, 15) is 19.7 Å². The van der Waals surface area contributed by atoms with Gasteiger partial charge in [-0.15, -0.1) is 11.8 Å². The van der Waals surface area contributed by atoms with E-state index in [1.165, 1.54) is 50.2 Å². The molecule has 4 rings (SSSR count). The van der Waals surface area contributed by atoms with Crippen LogP contribution in [0.3, 0.4) is 0 Å². The molecule has 1 atom stereocenters. The zero-order chi connectivity index (χ0) is 27.8. The van der Waals surface area contributed by atoms with Crippen molar-refractivity contribution in [2.75, 3.05) is 24.9 Å². The fourth-order valence-corrected chi connectivity index (χ4v) is 4.79. The summed E-state index contributed by atoms with van der Waals surface area (Å²) in [6, 6.07) is 27.0. The van der Waals surface area contributed by atoms with E-state index >= 15 is 0 Å². The molecular formula is C29H25N3O6S. The van der Waals surface area contributed by atoms with Gasteiger partial charge < -0.3 is 20.1 Å². The number of methoxy groups -OCH3 is 2. The van der Waals surface area contributed by atoms with Crippen molar-refractivity contribution >= 4 is 40.6 Å². The number of carbonyl (C=O) groups is 2. The summed E-state index contributed by atoms with van der Waals surface area (Å²) in [6.07, 6.45) is 0. The van der Waals surface area contributed by atoms with Gasteiger partial charge in [0.05, 0.1) is 19.1 Å². The molecule has 198 valence electrons. The minimum Gasteiger partial charge on any atom is -0.497 e. The normalized spacial score (nSPS) is 11.2. The molecular weight excluding hydrogens is 518 g/mol. The molecule has 9 nitrogen and oxygen atoms in total. The molecule has 0 aliphatic heterocycles. The number of nitrogens with one attached hydrogen (secondary N) is 2. The van der Waals surface area contributed by atoms with E-state index in [4.69, 9.17) is 9.47 Å². The Morgan fingerprint density at radius 3 is 2.08 bits per heavy atom. The van der Waals surface area contributed by atoms with Gasteiger partial charge in [-0.3, -0.25) is 19.7 Å². The van der Waals surface area contributed by atoms with Gasteiger partial charge in [0.15, 0.2) is 0 Å². The first-order valence-corrected chi connectivity index (χ1v) is 12.7. The summed E-state index contributed by atoms with van der Waals surface area (Å²) in [5, 5.41) is 16.0. The van der Waals surface area contributed by atoms with Crippen LogP contribution in [0.5, 0.6) is 11.5 Å². The van der Waals surface area contributed by atoms with Crippen LogP contribution in [0.25, 0.3) is 0 Å². The molecule has 0 aromatic heterocycles. The molecule has 0 aliphatic carbocycles. The molecule has 10 heteroatoms. The number of carbonyl (C=O) groups excluding carboxylic acids is 2. The minimum absolute atomic E-state index is 0.0948. The van der Waals surface area contributed by atoms with Gasteiger partial charge in [0.25, 0.3) is 11.6 Å². The van der Waals surface area contributed by atoms with Crippen LogP contribution in [0.1, 0.15) is 21.2 Å². The molecule has 0 fully saturated rings. The van der Waals surface area contributed by atoms with Crippen LogP contribution >= 0.6 is 11.8 Å². The molecule has 0 spiro atoms. The third kappa shape index (κ3) is 7.14. The highest BCUT2D eigenvalue weighted by Crippen LogP contribution is 2.38. The van der Waals surface area contributed by atoms with Crippen molar-refractivity contribution in [3.63, 3.8) is 0 Å².